The van der Waals surface area contributed by atoms with E-state index in [-0.39, 0.29) is 17.9 Å². The molecule has 3 rings (SSSR count). The van der Waals surface area contributed by atoms with Crippen molar-refractivity contribution in [2.75, 3.05) is 0 Å². The first kappa shape index (κ1) is 24.1. The summed E-state index contributed by atoms with van der Waals surface area (Å²) < 4.78 is 26.3. The third kappa shape index (κ3) is 5.85. The number of aliphatic hydroxyl groups excluding tert-OH is 1. The van der Waals surface area contributed by atoms with E-state index < -0.39 is 47.5 Å². The fraction of sp³-hybridized carbons (Fsp3) is 0.391. The molecular weight excluding hydrogens is 436 g/mol. The van der Waals surface area contributed by atoms with E-state index in [9.17, 15) is 24.3 Å². The predicted octanol–water partition coefficient (Wildman–Crippen LogP) is 1.83. The van der Waals surface area contributed by atoms with E-state index in [1.165, 1.54) is 50.3 Å². The normalized spacial score (nSPS) is 25.7. The minimum Gasteiger partial charge on any atom is -0.456 e. The molecule has 1 heterocycles. The lowest BCUT2D eigenvalue weighted by molar-refractivity contribution is -0.170. The van der Waals surface area contributed by atoms with Crippen LogP contribution < -0.4 is 9.47 Å². The first-order valence-electron chi connectivity index (χ1n) is 10.1. The van der Waals surface area contributed by atoms with Gasteiger partial charge in [-0.25, -0.2) is 9.59 Å². The van der Waals surface area contributed by atoms with E-state index >= 15 is 0 Å². The molecule has 1 aromatic carbocycles. The number of benzene rings is 1. The van der Waals surface area contributed by atoms with Crippen LogP contribution in [0.3, 0.4) is 0 Å². The minimum absolute atomic E-state index is 0.00232. The Morgan fingerprint density at radius 1 is 1.12 bits per heavy atom. The molecule has 0 bridgehead atoms. The van der Waals surface area contributed by atoms with Crippen molar-refractivity contribution in [2.24, 2.45) is 0 Å². The highest BCUT2D eigenvalue weighted by Crippen LogP contribution is 2.40. The van der Waals surface area contributed by atoms with Gasteiger partial charge < -0.3 is 28.8 Å². The summed E-state index contributed by atoms with van der Waals surface area (Å²) in [6.45, 7) is 5.56. The molecule has 0 saturated carbocycles. The second-order valence-electron chi connectivity index (χ2n) is 8.04. The highest BCUT2D eigenvalue weighted by atomic mass is 16.8. The fourth-order valence-corrected chi connectivity index (χ4v) is 3.47. The Morgan fingerprint density at radius 2 is 1.79 bits per heavy atom. The maximum atomic E-state index is 12.4. The van der Waals surface area contributed by atoms with Gasteiger partial charge in [0.25, 0.3) is 0 Å². The van der Waals surface area contributed by atoms with Gasteiger partial charge in [-0.15, -0.1) is 0 Å². The standard InChI is InChI=1S/C23H24O10/c1-13(24)29-17-7-5-15(11-18(17)30-14(2)25)6-8-20(27)31-19-12-23(10-9-16(19)26)21(28)32-22(3,4)33-23/h5-11,16,19,26H,12H2,1-4H3/b8-6+/t16-,19-,23+/m1/s1. The Hall–Kier alpha value is -3.50. The fourth-order valence-electron chi connectivity index (χ4n) is 3.47. The van der Waals surface area contributed by atoms with Gasteiger partial charge in [-0.05, 0) is 29.8 Å². The van der Waals surface area contributed by atoms with Crippen LogP contribution in [0.25, 0.3) is 6.08 Å². The second-order valence-corrected chi connectivity index (χ2v) is 8.04. The van der Waals surface area contributed by atoms with Crippen molar-refractivity contribution in [1.29, 1.82) is 0 Å². The number of hydrogen-bond acceptors (Lipinski definition) is 10. The van der Waals surface area contributed by atoms with Crippen molar-refractivity contribution in [3.8, 4) is 11.5 Å². The quantitative estimate of drug-likeness (QED) is 0.300. The van der Waals surface area contributed by atoms with Crippen molar-refractivity contribution < 1.29 is 48.0 Å². The summed E-state index contributed by atoms with van der Waals surface area (Å²) in [6, 6.07) is 4.35. The van der Waals surface area contributed by atoms with E-state index in [0.717, 1.165) is 6.08 Å². The molecule has 3 atom stereocenters. The van der Waals surface area contributed by atoms with Crippen LogP contribution in [0, 0.1) is 0 Å². The number of esters is 4. The van der Waals surface area contributed by atoms with Crippen LogP contribution in [-0.4, -0.2) is 52.6 Å². The smallest absolute Gasteiger partial charge is 0.345 e. The van der Waals surface area contributed by atoms with E-state index in [0.29, 0.717) is 5.56 Å². The summed E-state index contributed by atoms with van der Waals surface area (Å²) >= 11 is 0. The zero-order valence-corrected chi connectivity index (χ0v) is 18.5. The molecule has 1 saturated heterocycles. The summed E-state index contributed by atoms with van der Waals surface area (Å²) in [4.78, 5) is 47.2. The van der Waals surface area contributed by atoms with Crippen molar-refractivity contribution in [2.45, 2.75) is 57.7 Å². The van der Waals surface area contributed by atoms with E-state index in [1.807, 2.05) is 0 Å². The van der Waals surface area contributed by atoms with Crippen LogP contribution in [0.2, 0.25) is 0 Å². The Labute approximate surface area is 189 Å². The summed E-state index contributed by atoms with van der Waals surface area (Å²) in [7, 11) is 0. The van der Waals surface area contributed by atoms with Gasteiger partial charge in [0.1, 0.15) is 12.2 Å². The monoisotopic (exact) mass is 460 g/mol. The Balaban J connectivity index is 1.71. The maximum Gasteiger partial charge on any atom is 0.345 e. The lowest BCUT2D eigenvalue weighted by atomic mass is 9.87. The number of carbonyl (C=O) groups excluding carboxylic acids is 4. The van der Waals surface area contributed by atoms with Gasteiger partial charge in [-0.3, -0.25) is 9.59 Å². The highest BCUT2D eigenvalue weighted by Gasteiger charge is 2.56. The summed E-state index contributed by atoms with van der Waals surface area (Å²) in [5, 5.41) is 10.2. The molecule has 1 aromatic rings. The first-order chi connectivity index (χ1) is 15.4. The van der Waals surface area contributed by atoms with Crippen LogP contribution >= 0.6 is 0 Å². The number of rotatable bonds is 5. The molecule has 0 amide bonds. The van der Waals surface area contributed by atoms with Gasteiger partial charge in [0.2, 0.25) is 5.79 Å². The maximum absolute atomic E-state index is 12.4. The number of aliphatic hydroxyl groups is 1. The van der Waals surface area contributed by atoms with Gasteiger partial charge in [0.05, 0.1) is 0 Å². The number of cyclic esters (lactones) is 1. The van der Waals surface area contributed by atoms with Crippen LogP contribution in [0.1, 0.15) is 39.7 Å². The summed E-state index contributed by atoms with van der Waals surface area (Å²) in [5.41, 5.74) is -0.993. The second kappa shape index (κ2) is 9.16. The third-order valence-electron chi connectivity index (χ3n) is 4.71. The Kier molecular flexibility index (Phi) is 6.71. The van der Waals surface area contributed by atoms with Crippen LogP contribution in [0.5, 0.6) is 11.5 Å². The summed E-state index contributed by atoms with van der Waals surface area (Å²) in [6.07, 6.45) is 2.94. The SMILES string of the molecule is CC(=O)Oc1ccc(/C=C/C(=O)O[C@@H]2C[C@]3(C=C[C@H]2O)OC(C)(C)OC3=O)cc1OC(C)=O. The molecule has 176 valence electrons. The molecule has 1 fully saturated rings. The van der Waals surface area contributed by atoms with E-state index in [1.54, 1.807) is 13.8 Å². The van der Waals surface area contributed by atoms with Crippen LogP contribution in [0.15, 0.2) is 36.4 Å². The van der Waals surface area contributed by atoms with E-state index in [4.69, 9.17) is 23.7 Å². The Bertz CT molecular complexity index is 1040. The van der Waals surface area contributed by atoms with Crippen molar-refractivity contribution >= 4 is 30.0 Å². The molecule has 1 aliphatic heterocycles. The summed E-state index contributed by atoms with van der Waals surface area (Å²) in [5.74, 6) is -3.71. The molecule has 0 aromatic heterocycles. The zero-order valence-electron chi connectivity index (χ0n) is 18.5. The van der Waals surface area contributed by atoms with Gasteiger partial charge in [0.15, 0.2) is 17.1 Å². The van der Waals surface area contributed by atoms with Crippen LogP contribution in [-0.2, 0) is 33.4 Å². The first-order valence-corrected chi connectivity index (χ1v) is 10.1. The third-order valence-corrected chi connectivity index (χ3v) is 4.71. The average molecular weight is 460 g/mol. The molecule has 0 unspecified atom stereocenters. The van der Waals surface area contributed by atoms with Crippen LogP contribution in [0.4, 0.5) is 0 Å². The number of carbonyl (C=O) groups is 4. The van der Waals surface area contributed by atoms with Crippen molar-refractivity contribution in [1.82, 2.24) is 0 Å². The Morgan fingerprint density at radius 3 is 2.39 bits per heavy atom. The molecule has 1 N–H and O–H groups in total. The predicted molar refractivity (Wildman–Crippen MR) is 112 cm³/mol. The molecule has 33 heavy (non-hydrogen) atoms. The van der Waals surface area contributed by atoms with Gasteiger partial charge in [-0.1, -0.05) is 12.1 Å². The molecule has 2 aliphatic rings. The zero-order chi connectivity index (χ0) is 24.4. The molecule has 0 radical (unpaired) electrons. The van der Waals surface area contributed by atoms with Crippen molar-refractivity contribution in [3.63, 3.8) is 0 Å². The van der Waals surface area contributed by atoms with Gasteiger partial charge in [0, 0.05) is 40.2 Å². The number of ether oxygens (including phenoxy) is 5. The minimum atomic E-state index is -1.44. The highest BCUT2D eigenvalue weighted by molar-refractivity contribution is 5.88. The molecule has 10 nitrogen and oxygen atoms in total. The van der Waals surface area contributed by atoms with Gasteiger partial charge >= 0.3 is 23.9 Å². The van der Waals surface area contributed by atoms with E-state index in [2.05, 4.69) is 0 Å². The van der Waals surface area contributed by atoms with Crippen molar-refractivity contribution in [3.05, 3.63) is 42.0 Å². The lowest BCUT2D eigenvalue weighted by Gasteiger charge is -2.32. The largest absolute Gasteiger partial charge is 0.456 e. The molecular formula is C23H24O10. The number of hydrogen-bond donors (Lipinski definition) is 1. The molecule has 10 heteroatoms. The lowest BCUT2D eigenvalue weighted by Crippen LogP contribution is -2.47. The average Bonchev–Trinajstić information content (AvgIpc) is 2.92. The molecule has 1 aliphatic carbocycles. The molecule has 1 spiro atoms. The topological polar surface area (TPSA) is 135 Å². The van der Waals surface area contributed by atoms with Gasteiger partial charge in [-0.2, -0.15) is 0 Å².